The quantitative estimate of drug-likeness (QED) is 0.807. The van der Waals surface area contributed by atoms with Crippen molar-refractivity contribution in [3.05, 3.63) is 39.9 Å². The molecule has 23 heavy (non-hydrogen) atoms. The lowest BCUT2D eigenvalue weighted by molar-refractivity contribution is -0.137. The fourth-order valence-corrected chi connectivity index (χ4v) is 4.29. The van der Waals surface area contributed by atoms with Gasteiger partial charge in [0, 0.05) is 4.91 Å². The zero-order chi connectivity index (χ0) is 16.9. The smallest absolute Gasteiger partial charge is 0.370 e. The maximum atomic E-state index is 13.0. The number of thioether (sulfide) groups is 1. The van der Waals surface area contributed by atoms with Crippen LogP contribution in [0.3, 0.4) is 0 Å². The molecule has 0 fully saturated rings. The number of hydrogen-bond donors (Lipinski definition) is 2. The predicted molar refractivity (Wildman–Crippen MR) is 83.7 cm³/mol. The minimum atomic E-state index is -4.54. The van der Waals surface area contributed by atoms with E-state index in [4.69, 9.17) is 17.3 Å². The number of benzene rings is 1. The summed E-state index contributed by atoms with van der Waals surface area (Å²) in [5.74, 6) is -0.815. The molecule has 0 radical (unpaired) electrons. The zero-order valence-corrected chi connectivity index (χ0v) is 13.3. The third-order valence-electron chi connectivity index (χ3n) is 3.68. The minimum absolute atomic E-state index is 0.0184. The van der Waals surface area contributed by atoms with E-state index in [1.54, 1.807) is 6.92 Å². The SMILES string of the molecule is CC1=C(c2ccc(Cl)c(C(F)(F)F)c2)SC2N=C(N)NC(=O)C12. The van der Waals surface area contributed by atoms with Gasteiger partial charge in [-0.2, -0.15) is 13.2 Å². The van der Waals surface area contributed by atoms with Crippen molar-refractivity contribution in [1.82, 2.24) is 5.32 Å². The molecule has 122 valence electrons. The first-order valence-corrected chi connectivity index (χ1v) is 7.83. The maximum absolute atomic E-state index is 13.0. The summed E-state index contributed by atoms with van der Waals surface area (Å²) in [5, 5.41) is 1.62. The highest BCUT2D eigenvalue weighted by molar-refractivity contribution is 8.09. The van der Waals surface area contributed by atoms with Gasteiger partial charge in [0.2, 0.25) is 5.91 Å². The molecule has 2 unspecified atom stereocenters. The van der Waals surface area contributed by atoms with Crippen molar-refractivity contribution in [2.45, 2.75) is 18.5 Å². The average molecular weight is 362 g/mol. The number of nitrogens with two attached hydrogens (primary N) is 1. The summed E-state index contributed by atoms with van der Waals surface area (Å²) < 4.78 is 39.0. The van der Waals surface area contributed by atoms with Crippen LogP contribution < -0.4 is 11.1 Å². The second-order valence-electron chi connectivity index (χ2n) is 5.19. The van der Waals surface area contributed by atoms with Crippen molar-refractivity contribution in [2.24, 2.45) is 16.6 Å². The van der Waals surface area contributed by atoms with Crippen LogP contribution in [0.4, 0.5) is 13.2 Å². The number of carbonyl (C=O) groups excluding carboxylic acids is 1. The van der Waals surface area contributed by atoms with Gasteiger partial charge in [-0.1, -0.05) is 29.4 Å². The Morgan fingerprint density at radius 1 is 1.39 bits per heavy atom. The van der Waals surface area contributed by atoms with Gasteiger partial charge in [-0.3, -0.25) is 10.1 Å². The number of fused-ring (bicyclic) bond motifs is 1. The summed E-state index contributed by atoms with van der Waals surface area (Å²) in [7, 11) is 0. The number of nitrogens with zero attached hydrogens (tertiary/aromatic N) is 1. The lowest BCUT2D eigenvalue weighted by Crippen LogP contribution is -2.47. The molecular weight excluding hydrogens is 351 g/mol. The van der Waals surface area contributed by atoms with Gasteiger partial charge < -0.3 is 5.73 Å². The molecule has 2 heterocycles. The van der Waals surface area contributed by atoms with Crippen molar-refractivity contribution in [1.29, 1.82) is 0 Å². The molecule has 1 aromatic rings. The van der Waals surface area contributed by atoms with E-state index in [-0.39, 0.29) is 16.9 Å². The maximum Gasteiger partial charge on any atom is 0.417 e. The van der Waals surface area contributed by atoms with Crippen molar-refractivity contribution >= 4 is 40.1 Å². The Balaban J connectivity index is 2.05. The minimum Gasteiger partial charge on any atom is -0.370 e. The first kappa shape index (κ1) is 16.2. The number of aliphatic imine (C=N–C) groups is 1. The highest BCUT2D eigenvalue weighted by Gasteiger charge is 2.42. The van der Waals surface area contributed by atoms with Gasteiger partial charge in [-0.15, -0.1) is 0 Å². The number of guanidine groups is 1. The summed E-state index contributed by atoms with van der Waals surface area (Å²) in [4.78, 5) is 16.8. The molecule has 0 aromatic heterocycles. The lowest BCUT2D eigenvalue weighted by atomic mass is 9.96. The van der Waals surface area contributed by atoms with Gasteiger partial charge in [-0.25, -0.2) is 4.99 Å². The van der Waals surface area contributed by atoms with E-state index in [0.717, 1.165) is 6.07 Å². The van der Waals surface area contributed by atoms with Gasteiger partial charge in [0.25, 0.3) is 0 Å². The topological polar surface area (TPSA) is 67.5 Å². The summed E-state index contributed by atoms with van der Waals surface area (Å²) >= 11 is 6.87. The van der Waals surface area contributed by atoms with E-state index < -0.39 is 23.0 Å². The second kappa shape index (κ2) is 5.45. The number of nitrogens with one attached hydrogen (secondary N) is 1. The Labute approximate surface area is 139 Å². The molecule has 0 saturated carbocycles. The molecule has 2 aliphatic heterocycles. The van der Waals surface area contributed by atoms with E-state index in [1.165, 1.54) is 23.9 Å². The fraction of sp³-hybridized carbons (Fsp3) is 0.286. The Bertz CT molecular complexity index is 760. The number of rotatable bonds is 1. The van der Waals surface area contributed by atoms with E-state index in [0.29, 0.717) is 16.0 Å². The third-order valence-corrected chi connectivity index (χ3v) is 5.42. The summed E-state index contributed by atoms with van der Waals surface area (Å²) in [6.45, 7) is 1.71. The van der Waals surface area contributed by atoms with Crippen molar-refractivity contribution in [2.75, 3.05) is 0 Å². The predicted octanol–water partition coefficient (Wildman–Crippen LogP) is 3.22. The fourth-order valence-electron chi connectivity index (χ4n) is 2.62. The molecule has 1 aromatic carbocycles. The summed E-state index contributed by atoms with van der Waals surface area (Å²) in [5.41, 5.74) is 5.66. The van der Waals surface area contributed by atoms with Crippen LogP contribution in [0.15, 0.2) is 28.8 Å². The molecule has 0 spiro atoms. The Morgan fingerprint density at radius 2 is 2.09 bits per heavy atom. The molecular formula is C14H11ClF3N3OS. The molecule has 9 heteroatoms. The largest absolute Gasteiger partial charge is 0.417 e. The highest BCUT2D eigenvalue weighted by atomic mass is 35.5. The van der Waals surface area contributed by atoms with Crippen LogP contribution in [0.1, 0.15) is 18.1 Å². The molecule has 3 N–H and O–H groups in total. The van der Waals surface area contributed by atoms with Crippen molar-refractivity contribution in [3.63, 3.8) is 0 Å². The first-order chi connectivity index (χ1) is 10.7. The molecule has 0 aliphatic carbocycles. The van der Waals surface area contributed by atoms with Crippen LogP contribution in [0.5, 0.6) is 0 Å². The van der Waals surface area contributed by atoms with Crippen LogP contribution in [-0.2, 0) is 11.0 Å². The Hall–Kier alpha value is -1.67. The molecule has 0 saturated heterocycles. The van der Waals surface area contributed by atoms with Crippen molar-refractivity contribution < 1.29 is 18.0 Å². The molecule has 2 atom stereocenters. The van der Waals surface area contributed by atoms with E-state index in [2.05, 4.69) is 10.3 Å². The molecule has 3 rings (SSSR count). The first-order valence-electron chi connectivity index (χ1n) is 6.57. The highest BCUT2D eigenvalue weighted by Crippen LogP contribution is 2.49. The average Bonchev–Trinajstić information content (AvgIpc) is 2.75. The van der Waals surface area contributed by atoms with Crippen molar-refractivity contribution in [3.8, 4) is 0 Å². The van der Waals surface area contributed by atoms with Crippen LogP contribution >= 0.6 is 23.4 Å². The number of amides is 1. The van der Waals surface area contributed by atoms with Gasteiger partial charge in [0.15, 0.2) is 5.96 Å². The molecule has 4 nitrogen and oxygen atoms in total. The van der Waals surface area contributed by atoms with E-state index >= 15 is 0 Å². The van der Waals surface area contributed by atoms with E-state index in [9.17, 15) is 18.0 Å². The number of hydrogen-bond acceptors (Lipinski definition) is 4. The summed E-state index contributed by atoms with van der Waals surface area (Å²) in [6, 6.07) is 3.71. The molecule has 0 bridgehead atoms. The van der Waals surface area contributed by atoms with Gasteiger partial charge in [0.1, 0.15) is 5.37 Å². The number of alkyl halides is 3. The standard InChI is InChI=1S/C14H11ClF3N3OS/c1-5-9-11(22)20-13(19)21-12(9)23-10(5)6-2-3-8(15)7(4-6)14(16,17)18/h2-4,9,12H,1H3,(H3,19,20,21,22). The second-order valence-corrected chi connectivity index (χ2v) is 6.73. The van der Waals surface area contributed by atoms with E-state index in [1.807, 2.05) is 0 Å². The Kier molecular flexibility index (Phi) is 3.84. The monoisotopic (exact) mass is 361 g/mol. The number of carbonyl (C=O) groups is 1. The van der Waals surface area contributed by atoms with Gasteiger partial charge in [-0.05, 0) is 30.2 Å². The van der Waals surface area contributed by atoms with Crippen LogP contribution in [0.25, 0.3) is 4.91 Å². The third kappa shape index (κ3) is 2.81. The van der Waals surface area contributed by atoms with Crippen LogP contribution in [-0.4, -0.2) is 17.2 Å². The number of halogens is 4. The van der Waals surface area contributed by atoms with Gasteiger partial charge >= 0.3 is 6.18 Å². The molecule has 1 amide bonds. The van der Waals surface area contributed by atoms with Crippen LogP contribution in [0, 0.1) is 5.92 Å². The lowest BCUT2D eigenvalue weighted by Gasteiger charge is -2.22. The van der Waals surface area contributed by atoms with Crippen LogP contribution in [0.2, 0.25) is 5.02 Å². The zero-order valence-electron chi connectivity index (χ0n) is 11.7. The normalized spacial score (nSPS) is 24.4. The Morgan fingerprint density at radius 3 is 2.74 bits per heavy atom. The van der Waals surface area contributed by atoms with Gasteiger partial charge in [0.05, 0.1) is 16.5 Å². The summed E-state index contributed by atoms with van der Waals surface area (Å²) in [6.07, 6.45) is -4.54. The molecule has 2 aliphatic rings.